The van der Waals surface area contributed by atoms with Gasteiger partial charge in [-0.2, -0.15) is 13.2 Å². The summed E-state index contributed by atoms with van der Waals surface area (Å²) in [6.45, 7) is 2.39. The molecule has 0 spiro atoms. The molecule has 1 atom stereocenters. The summed E-state index contributed by atoms with van der Waals surface area (Å²) in [7, 11) is -2.85. The lowest BCUT2D eigenvalue weighted by Gasteiger charge is -2.42. The van der Waals surface area contributed by atoms with Gasteiger partial charge in [-0.1, -0.05) is 23.7 Å². The molecule has 0 saturated carbocycles. The van der Waals surface area contributed by atoms with Gasteiger partial charge in [0, 0.05) is 5.02 Å². The van der Waals surface area contributed by atoms with Crippen molar-refractivity contribution in [3.63, 3.8) is 0 Å². The molecule has 1 saturated heterocycles. The lowest BCUT2D eigenvalue weighted by atomic mass is 10.1. The van der Waals surface area contributed by atoms with Crippen LogP contribution in [-0.2, 0) is 13.9 Å². The number of piperazine rings is 1. The van der Waals surface area contributed by atoms with Crippen LogP contribution >= 0.6 is 19.4 Å². The van der Waals surface area contributed by atoms with Gasteiger partial charge in [-0.15, -0.1) is 0 Å². The summed E-state index contributed by atoms with van der Waals surface area (Å²) in [5, 5.41) is 7.71. The van der Waals surface area contributed by atoms with Gasteiger partial charge >= 0.3 is 12.1 Å². The fraction of sp³-hybridized carbons (Fsp3) is 0.333. The van der Waals surface area contributed by atoms with Gasteiger partial charge in [0.1, 0.15) is 17.3 Å². The number of carbonyl (C=O) groups is 1. The number of halogens is 4. The largest absolute Gasteiger partial charge is 0.756 e. The van der Waals surface area contributed by atoms with Gasteiger partial charge in [0.05, 0.1) is 38.8 Å². The summed E-state index contributed by atoms with van der Waals surface area (Å²) in [6, 6.07) is 13.0. The number of alkyl halides is 3. The summed E-state index contributed by atoms with van der Waals surface area (Å²) in [6.07, 6.45) is -5.08. The van der Waals surface area contributed by atoms with Gasteiger partial charge in [-0.05, 0) is 30.3 Å². The number of amidine groups is 1. The zero-order valence-corrected chi connectivity index (χ0v) is 20.5. The van der Waals surface area contributed by atoms with Crippen LogP contribution in [0, 0.1) is 0 Å². The first-order valence-corrected chi connectivity index (χ1v) is 12.3. The Morgan fingerprint density at radius 3 is 2.44 bits per heavy atom. The van der Waals surface area contributed by atoms with E-state index < -0.39 is 20.0 Å². The minimum Gasteiger partial charge on any atom is -0.756 e. The second-order valence-corrected chi connectivity index (χ2v) is 9.86. The Morgan fingerprint density at radius 1 is 1.25 bits per heavy atom. The standard InChI is InChI=1S/C19H21ClN3O5P.C2HF3O2/c1-23(13-27-29(24,25)26)10-8-22(9-11-23)19-15-12-14(20)6-7-17(15)28-18-5-3-2-4-16(18)21-19;3-2(4,5)1(6)7/h2-7,12H,8-11,13H2,1H3,(H-,24,25,26);(H,6,7). The highest BCUT2D eigenvalue weighted by atomic mass is 35.5. The van der Waals surface area contributed by atoms with Crippen molar-refractivity contribution >= 4 is 36.9 Å². The number of nitrogens with zero attached hydrogens (tertiary/aromatic N) is 3. The third kappa shape index (κ3) is 7.42. The molecule has 2 heterocycles. The smallest absolute Gasteiger partial charge is 0.490 e. The molecule has 0 radical (unpaired) electrons. The predicted molar refractivity (Wildman–Crippen MR) is 121 cm³/mol. The van der Waals surface area contributed by atoms with Crippen molar-refractivity contribution in [3.8, 4) is 11.5 Å². The second-order valence-electron chi connectivity index (χ2n) is 8.23. The highest BCUT2D eigenvalue weighted by Crippen LogP contribution is 2.39. The molecule has 1 unspecified atom stereocenters. The normalized spacial score (nSPS) is 18.2. The number of phosphoric acid groups is 1. The highest BCUT2D eigenvalue weighted by Gasteiger charge is 2.38. The molecule has 196 valence electrons. The monoisotopic (exact) mass is 551 g/mol. The van der Waals surface area contributed by atoms with Crippen LogP contribution in [0.2, 0.25) is 5.02 Å². The molecule has 2 aromatic carbocycles. The van der Waals surface area contributed by atoms with Gasteiger partial charge in [-0.25, -0.2) is 9.79 Å². The molecule has 0 aromatic heterocycles. The first kappa shape index (κ1) is 27.9. The topological polar surface area (TPSA) is 132 Å². The average molecular weight is 552 g/mol. The number of hydrogen-bond acceptors (Lipinski definition) is 7. The lowest BCUT2D eigenvalue weighted by Crippen LogP contribution is -2.59. The molecular weight excluding hydrogens is 530 g/mol. The zero-order valence-electron chi connectivity index (χ0n) is 18.8. The summed E-state index contributed by atoms with van der Waals surface area (Å²) in [4.78, 5) is 35.7. The SMILES string of the molecule is C[N+]1(COP(=O)([O-])O)CCN(C2=Nc3ccccc3Oc3ccc(Cl)cc32)CC1.O=C(O)C(F)(F)F. The van der Waals surface area contributed by atoms with Crippen molar-refractivity contribution in [3.05, 3.63) is 53.1 Å². The zero-order chi connectivity index (χ0) is 26.7. The molecule has 0 amide bonds. The third-order valence-electron chi connectivity index (χ3n) is 5.39. The van der Waals surface area contributed by atoms with E-state index in [-0.39, 0.29) is 6.73 Å². The van der Waals surface area contributed by atoms with E-state index in [4.69, 9.17) is 36.1 Å². The summed E-state index contributed by atoms with van der Waals surface area (Å²) in [5.41, 5.74) is 1.54. The number of likely N-dealkylation sites (N-methyl/N-ethyl adjacent to an activating group) is 1. The fourth-order valence-corrected chi connectivity index (χ4v) is 4.03. The molecule has 10 nitrogen and oxygen atoms in total. The fourth-order valence-electron chi connectivity index (χ4n) is 3.44. The maximum atomic E-state index is 10.9. The van der Waals surface area contributed by atoms with Crippen LogP contribution in [0.25, 0.3) is 0 Å². The number of fused-ring (bicyclic) bond motifs is 2. The van der Waals surface area contributed by atoms with E-state index in [1.165, 1.54) is 0 Å². The molecule has 2 aliphatic rings. The van der Waals surface area contributed by atoms with Crippen molar-refractivity contribution in [1.29, 1.82) is 0 Å². The van der Waals surface area contributed by atoms with E-state index in [1.54, 1.807) is 6.07 Å². The number of ether oxygens (including phenoxy) is 1. The van der Waals surface area contributed by atoms with Crippen LogP contribution in [0.1, 0.15) is 5.56 Å². The maximum Gasteiger partial charge on any atom is 0.490 e. The number of benzene rings is 2. The number of quaternary nitrogens is 1. The predicted octanol–water partition coefficient (Wildman–Crippen LogP) is 3.35. The molecule has 1 fully saturated rings. The molecule has 36 heavy (non-hydrogen) atoms. The first-order chi connectivity index (χ1) is 16.7. The number of phosphoric ester groups is 1. The first-order valence-electron chi connectivity index (χ1n) is 10.4. The molecule has 0 aliphatic carbocycles. The Bertz CT molecular complexity index is 1200. The van der Waals surface area contributed by atoms with Crippen LogP contribution in [0.4, 0.5) is 18.9 Å². The van der Waals surface area contributed by atoms with Crippen LogP contribution in [0.3, 0.4) is 0 Å². The summed E-state index contributed by atoms with van der Waals surface area (Å²) in [5.74, 6) is -0.646. The average Bonchev–Trinajstić information content (AvgIpc) is 2.94. The Morgan fingerprint density at radius 2 is 1.86 bits per heavy atom. The Labute approximate surface area is 209 Å². The van der Waals surface area contributed by atoms with Crippen LogP contribution in [0.15, 0.2) is 47.5 Å². The van der Waals surface area contributed by atoms with Crippen LogP contribution in [0.5, 0.6) is 11.5 Å². The number of carboxylic acid groups (broad SMARTS) is 1. The molecule has 2 N–H and O–H groups in total. The van der Waals surface area contributed by atoms with Crippen molar-refractivity contribution in [2.24, 2.45) is 4.99 Å². The quantitative estimate of drug-likeness (QED) is 0.438. The van der Waals surface area contributed by atoms with E-state index in [9.17, 15) is 22.6 Å². The van der Waals surface area contributed by atoms with Gasteiger partial charge < -0.3 is 29.0 Å². The number of para-hydroxylation sites is 2. The minimum atomic E-state index is -5.08. The van der Waals surface area contributed by atoms with E-state index in [0.717, 1.165) is 17.1 Å². The summed E-state index contributed by atoms with van der Waals surface area (Å²) >= 11 is 6.25. The van der Waals surface area contributed by atoms with Gasteiger partial charge in [-0.3, -0.25) is 9.09 Å². The number of aliphatic imine (C=N–C) groups is 1. The van der Waals surface area contributed by atoms with Crippen molar-refractivity contribution < 1.29 is 51.2 Å². The minimum absolute atomic E-state index is 0.105. The number of rotatable bonds is 3. The third-order valence-corrected chi connectivity index (χ3v) is 6.06. The Hall–Kier alpha value is -2.67. The van der Waals surface area contributed by atoms with Gasteiger partial charge in [0.25, 0.3) is 7.82 Å². The Balaban J connectivity index is 0.000000454. The van der Waals surface area contributed by atoms with Gasteiger partial charge in [0.2, 0.25) is 0 Å². The maximum absolute atomic E-state index is 10.9. The number of carboxylic acids is 1. The van der Waals surface area contributed by atoms with Crippen LogP contribution < -0.4 is 9.63 Å². The van der Waals surface area contributed by atoms with Crippen molar-refractivity contribution in [2.45, 2.75) is 6.18 Å². The molecule has 2 aliphatic heterocycles. The lowest BCUT2D eigenvalue weighted by molar-refractivity contribution is -0.928. The number of aliphatic carboxylic acids is 1. The van der Waals surface area contributed by atoms with E-state index in [1.807, 2.05) is 43.4 Å². The number of hydrogen-bond donors (Lipinski definition) is 2. The molecule has 15 heteroatoms. The second kappa shape index (κ2) is 10.8. The Kier molecular flexibility index (Phi) is 8.33. The van der Waals surface area contributed by atoms with E-state index in [0.29, 0.717) is 47.2 Å². The molecular formula is C21H22ClF3N3O7P. The van der Waals surface area contributed by atoms with Crippen molar-refractivity contribution in [1.82, 2.24) is 4.90 Å². The van der Waals surface area contributed by atoms with Crippen molar-refractivity contribution in [2.75, 3.05) is 40.0 Å². The van der Waals surface area contributed by atoms with E-state index in [2.05, 4.69) is 9.42 Å². The van der Waals surface area contributed by atoms with Crippen LogP contribution in [-0.4, -0.2) is 77.3 Å². The molecule has 0 bridgehead atoms. The van der Waals surface area contributed by atoms with E-state index >= 15 is 0 Å². The highest BCUT2D eigenvalue weighted by molar-refractivity contribution is 7.44. The molecule has 2 aromatic rings. The molecule has 4 rings (SSSR count). The summed E-state index contributed by atoms with van der Waals surface area (Å²) < 4.78 is 53.8. The van der Waals surface area contributed by atoms with Gasteiger partial charge in [0.15, 0.2) is 12.5 Å².